The minimum absolute atomic E-state index is 0.148. The Morgan fingerprint density at radius 3 is 2.65 bits per heavy atom. The van der Waals surface area contributed by atoms with E-state index in [4.69, 9.17) is 9.47 Å². The number of hydrogen-bond acceptors (Lipinski definition) is 7. The normalized spacial score (nSPS) is 11.0. The van der Waals surface area contributed by atoms with E-state index in [-0.39, 0.29) is 24.1 Å². The number of thioether (sulfide) groups is 1. The standard InChI is InChI=1S/C24H24FIN4O3S/c1-4-32-21-11-18(10-20(26)23(21)33-13-17-6-5-7-19(25)9-17)12-27-30-22(31)14-34-24-28-15(2)8-16(3)29-24/h5-12H,4,13-14H2,1-3H3,(H,30,31)/b27-12-. The highest BCUT2D eigenvalue weighted by molar-refractivity contribution is 14.1. The van der Waals surface area contributed by atoms with Gasteiger partial charge in [-0.25, -0.2) is 19.8 Å². The zero-order chi connectivity index (χ0) is 24.5. The average molecular weight is 594 g/mol. The maximum Gasteiger partial charge on any atom is 0.250 e. The van der Waals surface area contributed by atoms with Gasteiger partial charge in [-0.15, -0.1) is 0 Å². The first-order valence-corrected chi connectivity index (χ1v) is 12.5. The van der Waals surface area contributed by atoms with Gasteiger partial charge in [-0.3, -0.25) is 4.79 Å². The molecule has 2 aromatic carbocycles. The molecule has 3 rings (SSSR count). The third-order valence-corrected chi connectivity index (χ3v) is 5.95. The molecule has 3 aromatic rings. The summed E-state index contributed by atoms with van der Waals surface area (Å²) in [4.78, 5) is 20.7. The second-order valence-electron chi connectivity index (χ2n) is 7.20. The second-order valence-corrected chi connectivity index (χ2v) is 9.30. The van der Waals surface area contributed by atoms with Gasteiger partial charge in [0, 0.05) is 11.4 Å². The highest BCUT2D eigenvalue weighted by Gasteiger charge is 2.13. The molecule has 178 valence electrons. The van der Waals surface area contributed by atoms with Crippen LogP contribution < -0.4 is 14.9 Å². The van der Waals surface area contributed by atoms with Gasteiger partial charge < -0.3 is 9.47 Å². The van der Waals surface area contributed by atoms with E-state index in [1.54, 1.807) is 18.2 Å². The topological polar surface area (TPSA) is 85.7 Å². The minimum Gasteiger partial charge on any atom is -0.490 e. The number of aryl methyl sites for hydroxylation is 2. The van der Waals surface area contributed by atoms with Crippen LogP contribution in [-0.4, -0.2) is 34.4 Å². The van der Waals surface area contributed by atoms with E-state index in [1.165, 1.54) is 30.1 Å². The number of rotatable bonds is 10. The Morgan fingerprint density at radius 1 is 1.18 bits per heavy atom. The molecule has 0 fully saturated rings. The van der Waals surface area contributed by atoms with Gasteiger partial charge in [-0.05, 0) is 84.8 Å². The van der Waals surface area contributed by atoms with Crippen LogP contribution in [0.25, 0.3) is 0 Å². The fourth-order valence-corrected chi connectivity index (χ4v) is 4.47. The predicted octanol–water partition coefficient (Wildman–Crippen LogP) is 5.06. The third kappa shape index (κ3) is 7.94. The highest BCUT2D eigenvalue weighted by atomic mass is 127. The van der Waals surface area contributed by atoms with Crippen molar-refractivity contribution >= 4 is 46.5 Å². The maximum absolute atomic E-state index is 13.4. The molecule has 0 saturated carbocycles. The Balaban J connectivity index is 1.61. The van der Waals surface area contributed by atoms with Crippen molar-refractivity contribution in [3.8, 4) is 11.5 Å². The Bertz CT molecular complexity index is 1170. The monoisotopic (exact) mass is 594 g/mol. The molecule has 0 spiro atoms. The molecule has 1 heterocycles. The first-order valence-electron chi connectivity index (χ1n) is 10.4. The van der Waals surface area contributed by atoms with Crippen LogP contribution in [0.1, 0.15) is 29.4 Å². The van der Waals surface area contributed by atoms with Gasteiger partial charge in [0.05, 0.1) is 22.1 Å². The fourth-order valence-electron chi connectivity index (χ4n) is 2.95. The molecule has 0 bridgehead atoms. The second kappa shape index (κ2) is 12.7. The van der Waals surface area contributed by atoms with E-state index in [2.05, 4.69) is 43.1 Å². The number of hydrogen-bond donors (Lipinski definition) is 1. The van der Waals surface area contributed by atoms with Crippen molar-refractivity contribution in [2.24, 2.45) is 5.10 Å². The van der Waals surface area contributed by atoms with E-state index < -0.39 is 0 Å². The lowest BCUT2D eigenvalue weighted by atomic mass is 10.2. The number of ether oxygens (including phenoxy) is 2. The molecule has 7 nitrogen and oxygen atoms in total. The van der Waals surface area contributed by atoms with Gasteiger partial charge in [0.2, 0.25) is 0 Å². The van der Waals surface area contributed by atoms with Crippen molar-refractivity contribution in [1.29, 1.82) is 0 Å². The Labute approximate surface area is 215 Å². The summed E-state index contributed by atoms with van der Waals surface area (Å²) >= 11 is 3.40. The van der Waals surface area contributed by atoms with Gasteiger partial charge in [0.1, 0.15) is 12.4 Å². The smallest absolute Gasteiger partial charge is 0.250 e. The number of carbonyl (C=O) groups excluding carboxylic acids is 1. The van der Waals surface area contributed by atoms with E-state index in [0.29, 0.717) is 23.3 Å². The summed E-state index contributed by atoms with van der Waals surface area (Å²) in [5, 5.41) is 4.60. The van der Waals surface area contributed by atoms with Crippen molar-refractivity contribution in [3.05, 3.63) is 74.4 Å². The van der Waals surface area contributed by atoms with Crippen molar-refractivity contribution in [3.63, 3.8) is 0 Å². The third-order valence-electron chi connectivity index (χ3n) is 4.30. The van der Waals surface area contributed by atoms with Crippen LogP contribution in [0.2, 0.25) is 0 Å². The number of halogens is 2. The fraction of sp³-hybridized carbons (Fsp3) is 0.250. The molecule has 0 aliphatic carbocycles. The van der Waals surface area contributed by atoms with E-state index in [1.807, 2.05) is 32.9 Å². The first kappa shape index (κ1) is 25.9. The quantitative estimate of drug-likeness (QED) is 0.116. The van der Waals surface area contributed by atoms with Crippen LogP contribution in [0.5, 0.6) is 11.5 Å². The Kier molecular flexibility index (Phi) is 9.63. The van der Waals surface area contributed by atoms with Crippen LogP contribution in [0, 0.1) is 23.2 Å². The molecule has 1 N–H and O–H groups in total. The number of nitrogens with zero attached hydrogens (tertiary/aromatic N) is 3. The largest absolute Gasteiger partial charge is 0.490 e. The van der Waals surface area contributed by atoms with Gasteiger partial charge in [0.15, 0.2) is 16.7 Å². The van der Waals surface area contributed by atoms with Gasteiger partial charge in [-0.2, -0.15) is 5.10 Å². The first-order chi connectivity index (χ1) is 16.3. The van der Waals surface area contributed by atoms with Crippen molar-refractivity contribution < 1.29 is 18.7 Å². The molecule has 1 aromatic heterocycles. The van der Waals surface area contributed by atoms with Crippen molar-refractivity contribution in [2.75, 3.05) is 12.4 Å². The molecule has 0 aliphatic rings. The van der Waals surface area contributed by atoms with Crippen LogP contribution in [0.15, 0.2) is 52.7 Å². The molecular formula is C24H24FIN4O3S. The van der Waals surface area contributed by atoms with Crippen LogP contribution in [0.4, 0.5) is 4.39 Å². The SMILES string of the molecule is CCOc1cc(/C=N\NC(=O)CSc2nc(C)cc(C)n2)cc(I)c1OCc1cccc(F)c1. The van der Waals surface area contributed by atoms with Crippen molar-refractivity contribution in [1.82, 2.24) is 15.4 Å². The summed E-state index contributed by atoms with van der Waals surface area (Å²) in [7, 11) is 0. The van der Waals surface area contributed by atoms with Gasteiger partial charge in [0.25, 0.3) is 5.91 Å². The summed E-state index contributed by atoms with van der Waals surface area (Å²) in [6.45, 7) is 6.31. The maximum atomic E-state index is 13.4. The number of benzene rings is 2. The molecule has 0 aliphatic heterocycles. The molecule has 10 heteroatoms. The van der Waals surface area contributed by atoms with Crippen LogP contribution >= 0.6 is 34.4 Å². The zero-order valence-electron chi connectivity index (χ0n) is 19.0. The Morgan fingerprint density at radius 2 is 1.94 bits per heavy atom. The molecule has 0 atom stereocenters. The Hall–Kier alpha value is -2.73. The highest BCUT2D eigenvalue weighted by Crippen LogP contribution is 2.34. The molecule has 0 saturated heterocycles. The summed E-state index contributed by atoms with van der Waals surface area (Å²) in [6.07, 6.45) is 1.54. The molecule has 0 radical (unpaired) electrons. The average Bonchev–Trinajstić information content (AvgIpc) is 2.77. The minimum atomic E-state index is -0.311. The van der Waals surface area contributed by atoms with E-state index in [9.17, 15) is 9.18 Å². The van der Waals surface area contributed by atoms with Gasteiger partial charge in [-0.1, -0.05) is 23.9 Å². The number of carbonyl (C=O) groups is 1. The van der Waals surface area contributed by atoms with Crippen LogP contribution in [0.3, 0.4) is 0 Å². The molecule has 1 amide bonds. The molecule has 0 unspecified atom stereocenters. The summed E-state index contributed by atoms with van der Waals surface area (Å²) in [5.41, 5.74) is 5.68. The molecular weight excluding hydrogens is 570 g/mol. The van der Waals surface area contributed by atoms with E-state index in [0.717, 1.165) is 26.1 Å². The van der Waals surface area contributed by atoms with Crippen LogP contribution in [-0.2, 0) is 11.4 Å². The van der Waals surface area contributed by atoms with E-state index >= 15 is 0 Å². The van der Waals surface area contributed by atoms with Crippen molar-refractivity contribution in [2.45, 2.75) is 32.5 Å². The number of nitrogens with one attached hydrogen (secondary N) is 1. The number of amides is 1. The lowest BCUT2D eigenvalue weighted by molar-refractivity contribution is -0.118. The lowest BCUT2D eigenvalue weighted by Gasteiger charge is -2.14. The number of aromatic nitrogens is 2. The van der Waals surface area contributed by atoms with Gasteiger partial charge >= 0.3 is 0 Å². The molecule has 34 heavy (non-hydrogen) atoms. The summed E-state index contributed by atoms with van der Waals surface area (Å²) in [5.74, 6) is 0.682. The lowest BCUT2D eigenvalue weighted by Crippen LogP contribution is -2.19. The number of hydrazone groups is 1. The summed E-state index contributed by atoms with van der Waals surface area (Å²) < 4.78 is 25.9. The zero-order valence-corrected chi connectivity index (χ0v) is 21.9. The predicted molar refractivity (Wildman–Crippen MR) is 139 cm³/mol. The summed E-state index contributed by atoms with van der Waals surface area (Å²) in [6, 6.07) is 11.8.